The molecule has 9 heteroatoms. The molecule has 0 unspecified atom stereocenters. The van der Waals surface area contributed by atoms with Gasteiger partial charge >= 0.3 is 0 Å². The van der Waals surface area contributed by atoms with Crippen molar-refractivity contribution in [1.29, 1.82) is 0 Å². The van der Waals surface area contributed by atoms with E-state index in [0.717, 1.165) is 17.0 Å². The number of rotatable bonds is 5. The molecule has 2 heterocycles. The van der Waals surface area contributed by atoms with Gasteiger partial charge in [-0.15, -0.1) is 10.2 Å². The number of hydrogen-bond acceptors (Lipinski definition) is 6. The monoisotopic (exact) mass is 394 g/mol. The first-order valence-corrected chi connectivity index (χ1v) is 11.1. The fourth-order valence-electron chi connectivity index (χ4n) is 3.01. The SMILES string of the molecule is Cc1ccccc1-c1nnc(SCC(=O)N(C)[C@H]2CCS(=O)(=O)C2)n1C. The van der Waals surface area contributed by atoms with E-state index in [1.165, 1.54) is 11.8 Å². The van der Waals surface area contributed by atoms with Gasteiger partial charge in [0.15, 0.2) is 20.8 Å². The van der Waals surface area contributed by atoms with Crippen LogP contribution in [-0.2, 0) is 21.7 Å². The van der Waals surface area contributed by atoms with Crippen LogP contribution in [0.4, 0.5) is 0 Å². The minimum atomic E-state index is -3.01. The molecule has 0 N–H and O–H groups in total. The Hall–Kier alpha value is -1.87. The summed E-state index contributed by atoms with van der Waals surface area (Å²) in [5.41, 5.74) is 2.12. The molecule has 0 aliphatic carbocycles. The van der Waals surface area contributed by atoms with Gasteiger partial charge in [0.1, 0.15) is 0 Å². The highest BCUT2D eigenvalue weighted by molar-refractivity contribution is 7.99. The van der Waals surface area contributed by atoms with Crippen molar-refractivity contribution in [2.45, 2.75) is 24.5 Å². The molecule has 0 radical (unpaired) electrons. The van der Waals surface area contributed by atoms with Gasteiger partial charge in [-0.1, -0.05) is 36.0 Å². The number of aryl methyl sites for hydroxylation is 1. The second-order valence-corrected chi connectivity index (χ2v) is 9.70. The Kier molecular flexibility index (Phi) is 5.38. The standard InChI is InChI=1S/C17H22N4O3S2/c1-12-6-4-5-7-14(12)16-18-19-17(21(16)3)25-10-15(22)20(2)13-8-9-26(23,24)11-13/h4-7,13H,8-11H2,1-3H3/t13-/m0/s1. The third-order valence-electron chi connectivity index (χ3n) is 4.70. The summed E-state index contributed by atoms with van der Waals surface area (Å²) in [5.74, 6) is 1.07. The van der Waals surface area contributed by atoms with Gasteiger partial charge in [-0.25, -0.2) is 8.42 Å². The highest BCUT2D eigenvalue weighted by Gasteiger charge is 2.32. The molecule has 2 aromatic rings. The topological polar surface area (TPSA) is 85.2 Å². The molecule has 1 saturated heterocycles. The van der Waals surface area contributed by atoms with Gasteiger partial charge in [-0.3, -0.25) is 4.79 Å². The van der Waals surface area contributed by atoms with Crippen LogP contribution in [0.5, 0.6) is 0 Å². The van der Waals surface area contributed by atoms with Gasteiger partial charge in [-0.05, 0) is 18.9 Å². The molecular formula is C17H22N4O3S2. The van der Waals surface area contributed by atoms with Crippen LogP contribution < -0.4 is 0 Å². The quantitative estimate of drug-likeness (QED) is 0.715. The zero-order valence-electron chi connectivity index (χ0n) is 15.0. The summed E-state index contributed by atoms with van der Waals surface area (Å²) < 4.78 is 25.1. The first-order chi connectivity index (χ1) is 12.3. The lowest BCUT2D eigenvalue weighted by atomic mass is 10.1. The fourth-order valence-corrected chi connectivity index (χ4v) is 5.62. The molecule has 0 bridgehead atoms. The molecule has 3 rings (SSSR count). The van der Waals surface area contributed by atoms with Crippen molar-refractivity contribution in [3.8, 4) is 11.4 Å². The molecular weight excluding hydrogens is 372 g/mol. The molecule has 1 aliphatic rings. The normalized spacial score (nSPS) is 18.8. The van der Waals surface area contributed by atoms with Gasteiger partial charge in [0.25, 0.3) is 0 Å². The Morgan fingerprint density at radius 3 is 2.73 bits per heavy atom. The summed E-state index contributed by atoms with van der Waals surface area (Å²) >= 11 is 1.31. The summed E-state index contributed by atoms with van der Waals surface area (Å²) in [6, 6.07) is 7.72. The minimum Gasteiger partial charge on any atom is -0.341 e. The van der Waals surface area contributed by atoms with Crippen LogP contribution in [0.1, 0.15) is 12.0 Å². The molecule has 1 aromatic carbocycles. The van der Waals surface area contributed by atoms with Crippen LogP contribution in [0.25, 0.3) is 11.4 Å². The zero-order valence-corrected chi connectivity index (χ0v) is 16.7. The largest absolute Gasteiger partial charge is 0.341 e. The average molecular weight is 395 g/mol. The summed E-state index contributed by atoms with van der Waals surface area (Å²) in [4.78, 5) is 14.0. The lowest BCUT2D eigenvalue weighted by molar-refractivity contribution is -0.128. The molecule has 1 fully saturated rings. The van der Waals surface area contributed by atoms with E-state index < -0.39 is 9.84 Å². The van der Waals surface area contributed by atoms with E-state index in [9.17, 15) is 13.2 Å². The van der Waals surface area contributed by atoms with E-state index in [1.54, 1.807) is 11.9 Å². The lowest BCUT2D eigenvalue weighted by Gasteiger charge is -2.23. The molecule has 140 valence electrons. The van der Waals surface area contributed by atoms with E-state index in [2.05, 4.69) is 10.2 Å². The first kappa shape index (κ1) is 18.9. The van der Waals surface area contributed by atoms with Crippen molar-refractivity contribution in [3.63, 3.8) is 0 Å². The van der Waals surface area contributed by atoms with Crippen LogP contribution >= 0.6 is 11.8 Å². The highest BCUT2D eigenvalue weighted by atomic mass is 32.2. The maximum absolute atomic E-state index is 12.4. The van der Waals surface area contributed by atoms with Gasteiger partial charge in [0, 0.05) is 25.7 Å². The fraction of sp³-hybridized carbons (Fsp3) is 0.471. The Bertz CT molecular complexity index is 924. The molecule has 0 spiro atoms. The minimum absolute atomic E-state index is 0.0568. The predicted molar refractivity (Wildman–Crippen MR) is 102 cm³/mol. The first-order valence-electron chi connectivity index (χ1n) is 8.33. The van der Waals surface area contributed by atoms with Crippen molar-refractivity contribution in [2.75, 3.05) is 24.3 Å². The number of amides is 1. The van der Waals surface area contributed by atoms with Gasteiger partial charge in [0.2, 0.25) is 5.91 Å². The average Bonchev–Trinajstić information content (AvgIpc) is 3.15. The number of nitrogens with zero attached hydrogens (tertiary/aromatic N) is 4. The molecule has 7 nitrogen and oxygen atoms in total. The summed E-state index contributed by atoms with van der Waals surface area (Å²) in [6.07, 6.45) is 0.511. The Labute approximate surface area is 157 Å². The number of carbonyl (C=O) groups excluding carboxylic acids is 1. The Morgan fingerprint density at radius 2 is 2.08 bits per heavy atom. The lowest BCUT2D eigenvalue weighted by Crippen LogP contribution is -2.38. The third kappa shape index (κ3) is 3.93. The Morgan fingerprint density at radius 1 is 1.35 bits per heavy atom. The van der Waals surface area contributed by atoms with Crippen LogP contribution in [-0.4, -0.2) is 64.3 Å². The second kappa shape index (κ2) is 7.40. The summed E-state index contributed by atoms with van der Waals surface area (Å²) in [5, 5.41) is 9.10. The molecule has 1 atom stereocenters. The van der Waals surface area contributed by atoms with Gasteiger partial charge < -0.3 is 9.47 Å². The summed E-state index contributed by atoms with van der Waals surface area (Å²) in [7, 11) is 0.541. The van der Waals surface area contributed by atoms with Crippen LogP contribution in [0, 0.1) is 6.92 Å². The zero-order chi connectivity index (χ0) is 18.9. The molecule has 26 heavy (non-hydrogen) atoms. The van der Waals surface area contributed by atoms with E-state index in [0.29, 0.717) is 11.6 Å². The van der Waals surface area contributed by atoms with Crippen molar-refractivity contribution in [3.05, 3.63) is 29.8 Å². The predicted octanol–water partition coefficient (Wildman–Crippen LogP) is 1.53. The van der Waals surface area contributed by atoms with Crippen molar-refractivity contribution < 1.29 is 13.2 Å². The summed E-state index contributed by atoms with van der Waals surface area (Å²) in [6.45, 7) is 2.02. The van der Waals surface area contributed by atoms with E-state index in [4.69, 9.17) is 0 Å². The number of thioether (sulfide) groups is 1. The van der Waals surface area contributed by atoms with E-state index in [1.807, 2.05) is 42.8 Å². The molecule has 1 amide bonds. The third-order valence-corrected chi connectivity index (χ3v) is 7.45. The van der Waals surface area contributed by atoms with Crippen LogP contribution in [0.3, 0.4) is 0 Å². The number of benzene rings is 1. The maximum atomic E-state index is 12.4. The van der Waals surface area contributed by atoms with Crippen molar-refractivity contribution in [2.24, 2.45) is 7.05 Å². The van der Waals surface area contributed by atoms with Crippen LogP contribution in [0.2, 0.25) is 0 Å². The number of carbonyl (C=O) groups is 1. The highest BCUT2D eigenvalue weighted by Crippen LogP contribution is 2.25. The molecule has 0 saturated carbocycles. The van der Waals surface area contributed by atoms with E-state index >= 15 is 0 Å². The molecule has 1 aromatic heterocycles. The smallest absolute Gasteiger partial charge is 0.233 e. The Balaban J connectivity index is 1.65. The number of aromatic nitrogens is 3. The van der Waals surface area contributed by atoms with Crippen molar-refractivity contribution in [1.82, 2.24) is 19.7 Å². The van der Waals surface area contributed by atoms with Crippen LogP contribution in [0.15, 0.2) is 29.4 Å². The maximum Gasteiger partial charge on any atom is 0.233 e. The number of hydrogen-bond donors (Lipinski definition) is 0. The van der Waals surface area contributed by atoms with Gasteiger partial charge in [-0.2, -0.15) is 0 Å². The molecule has 1 aliphatic heterocycles. The van der Waals surface area contributed by atoms with E-state index in [-0.39, 0.29) is 29.2 Å². The van der Waals surface area contributed by atoms with Gasteiger partial charge in [0.05, 0.1) is 17.3 Å². The number of sulfone groups is 1. The second-order valence-electron chi connectivity index (χ2n) is 6.53. The van der Waals surface area contributed by atoms with Crippen molar-refractivity contribution >= 4 is 27.5 Å².